The predicted octanol–water partition coefficient (Wildman–Crippen LogP) is 2.25. The molecule has 108 valence electrons. The highest BCUT2D eigenvalue weighted by atomic mass is 16.5. The number of rotatable bonds is 9. The lowest BCUT2D eigenvalue weighted by Gasteiger charge is -2.03. The molecule has 0 fully saturated rings. The van der Waals surface area contributed by atoms with E-state index in [1.807, 2.05) is 4.68 Å². The smallest absolute Gasteiger partial charge is 0.0762 e. The third kappa shape index (κ3) is 5.15. The quantitative estimate of drug-likeness (QED) is 0.712. The Morgan fingerprint density at radius 3 is 2.85 bits per heavy atom. The van der Waals surface area contributed by atoms with E-state index in [1.165, 1.54) is 5.56 Å². The van der Waals surface area contributed by atoms with E-state index in [4.69, 9.17) is 4.74 Å². The van der Waals surface area contributed by atoms with Crippen LogP contribution in [0.2, 0.25) is 0 Å². The van der Waals surface area contributed by atoms with Gasteiger partial charge in [-0.1, -0.05) is 30.3 Å². The third-order valence-electron chi connectivity index (χ3n) is 3.18. The minimum absolute atomic E-state index is 0.734. The molecule has 0 spiro atoms. The van der Waals surface area contributed by atoms with Crippen molar-refractivity contribution in [2.24, 2.45) is 0 Å². The van der Waals surface area contributed by atoms with Crippen molar-refractivity contribution in [1.82, 2.24) is 15.1 Å². The Labute approximate surface area is 120 Å². The summed E-state index contributed by atoms with van der Waals surface area (Å²) in [5.74, 6) is 0. The molecule has 0 radical (unpaired) electrons. The van der Waals surface area contributed by atoms with E-state index in [9.17, 15) is 0 Å². The normalized spacial score (nSPS) is 10.8. The number of ether oxygens (including phenoxy) is 1. The van der Waals surface area contributed by atoms with Gasteiger partial charge in [0.15, 0.2) is 0 Å². The molecular formula is C16H23N3O. The van der Waals surface area contributed by atoms with E-state index in [0.29, 0.717) is 0 Å². The molecule has 0 saturated carbocycles. The molecule has 20 heavy (non-hydrogen) atoms. The van der Waals surface area contributed by atoms with Gasteiger partial charge in [0.05, 0.1) is 12.3 Å². The van der Waals surface area contributed by atoms with Gasteiger partial charge in [-0.15, -0.1) is 0 Å². The van der Waals surface area contributed by atoms with E-state index >= 15 is 0 Å². The summed E-state index contributed by atoms with van der Waals surface area (Å²) in [6.07, 6.45) is 4.27. The summed E-state index contributed by atoms with van der Waals surface area (Å²) in [6, 6.07) is 12.7. The molecule has 2 rings (SSSR count). The molecule has 0 amide bonds. The first-order valence-corrected chi connectivity index (χ1v) is 7.14. The third-order valence-corrected chi connectivity index (χ3v) is 3.18. The zero-order chi connectivity index (χ0) is 14.0. The molecule has 1 heterocycles. The van der Waals surface area contributed by atoms with Crippen LogP contribution in [0.1, 0.15) is 17.7 Å². The van der Waals surface area contributed by atoms with Gasteiger partial charge < -0.3 is 10.1 Å². The van der Waals surface area contributed by atoms with Crippen LogP contribution in [0.4, 0.5) is 0 Å². The van der Waals surface area contributed by atoms with Crippen molar-refractivity contribution in [3.63, 3.8) is 0 Å². The van der Waals surface area contributed by atoms with Crippen LogP contribution in [0.15, 0.2) is 42.6 Å². The minimum atomic E-state index is 0.734. The Balaban J connectivity index is 1.67. The summed E-state index contributed by atoms with van der Waals surface area (Å²) in [4.78, 5) is 0. The zero-order valence-electron chi connectivity index (χ0n) is 12.1. The first kappa shape index (κ1) is 14.8. The van der Waals surface area contributed by atoms with E-state index < -0.39 is 0 Å². The molecule has 1 aromatic heterocycles. The van der Waals surface area contributed by atoms with Gasteiger partial charge in [-0.05, 0) is 24.5 Å². The highest BCUT2D eigenvalue weighted by Gasteiger charge is 1.99. The van der Waals surface area contributed by atoms with Gasteiger partial charge in [-0.25, -0.2) is 0 Å². The van der Waals surface area contributed by atoms with Crippen molar-refractivity contribution in [3.8, 4) is 0 Å². The standard InChI is InChI=1S/C16H23N3O/c1-20-13-10-17-14-16-9-12-19(18-16)11-5-8-15-6-3-2-4-7-15/h2-4,6-7,9,12,17H,5,8,10-11,13-14H2,1H3. The van der Waals surface area contributed by atoms with Crippen LogP contribution in [0, 0.1) is 0 Å². The molecule has 1 aromatic carbocycles. The molecule has 0 aliphatic rings. The largest absolute Gasteiger partial charge is 0.383 e. The number of aryl methyl sites for hydroxylation is 2. The number of benzene rings is 1. The van der Waals surface area contributed by atoms with Crippen LogP contribution in [-0.4, -0.2) is 30.0 Å². The van der Waals surface area contributed by atoms with Crippen LogP contribution < -0.4 is 5.32 Å². The predicted molar refractivity (Wildman–Crippen MR) is 80.6 cm³/mol. The fourth-order valence-corrected chi connectivity index (χ4v) is 2.10. The second-order valence-electron chi connectivity index (χ2n) is 4.83. The number of nitrogens with one attached hydrogen (secondary N) is 1. The molecule has 0 aliphatic heterocycles. The summed E-state index contributed by atoms with van der Waals surface area (Å²) < 4.78 is 7.02. The molecule has 0 atom stereocenters. The van der Waals surface area contributed by atoms with Crippen molar-refractivity contribution >= 4 is 0 Å². The number of hydrogen-bond donors (Lipinski definition) is 1. The van der Waals surface area contributed by atoms with Crippen molar-refractivity contribution in [2.45, 2.75) is 25.9 Å². The van der Waals surface area contributed by atoms with Crippen molar-refractivity contribution in [2.75, 3.05) is 20.3 Å². The van der Waals surface area contributed by atoms with Gasteiger partial charge in [-0.3, -0.25) is 4.68 Å². The summed E-state index contributed by atoms with van der Waals surface area (Å²) >= 11 is 0. The lowest BCUT2D eigenvalue weighted by molar-refractivity contribution is 0.199. The Kier molecular flexibility index (Phi) is 6.27. The van der Waals surface area contributed by atoms with E-state index in [0.717, 1.165) is 44.8 Å². The molecular weight excluding hydrogens is 250 g/mol. The highest BCUT2D eigenvalue weighted by Crippen LogP contribution is 2.04. The molecule has 1 N–H and O–H groups in total. The van der Waals surface area contributed by atoms with Crippen LogP contribution in [0.25, 0.3) is 0 Å². The summed E-state index contributed by atoms with van der Waals surface area (Å²) in [5.41, 5.74) is 2.47. The van der Waals surface area contributed by atoms with Gasteiger partial charge in [0.1, 0.15) is 0 Å². The Morgan fingerprint density at radius 2 is 2.05 bits per heavy atom. The molecule has 0 unspecified atom stereocenters. The van der Waals surface area contributed by atoms with Gasteiger partial charge in [0.2, 0.25) is 0 Å². The van der Waals surface area contributed by atoms with Crippen LogP contribution in [0.3, 0.4) is 0 Å². The molecule has 4 heteroatoms. The maximum absolute atomic E-state index is 4.99. The van der Waals surface area contributed by atoms with Crippen LogP contribution in [0.5, 0.6) is 0 Å². The average Bonchev–Trinajstić information content (AvgIpc) is 2.93. The fourth-order valence-electron chi connectivity index (χ4n) is 2.10. The fraction of sp³-hybridized carbons (Fsp3) is 0.438. The number of nitrogens with zero attached hydrogens (tertiary/aromatic N) is 2. The molecule has 0 aliphatic carbocycles. The number of aromatic nitrogens is 2. The summed E-state index contributed by atoms with van der Waals surface area (Å²) in [7, 11) is 1.71. The molecule has 4 nitrogen and oxygen atoms in total. The van der Waals surface area contributed by atoms with Crippen molar-refractivity contribution in [3.05, 3.63) is 53.9 Å². The van der Waals surface area contributed by atoms with E-state index in [1.54, 1.807) is 7.11 Å². The Morgan fingerprint density at radius 1 is 1.20 bits per heavy atom. The second-order valence-corrected chi connectivity index (χ2v) is 4.83. The average molecular weight is 273 g/mol. The van der Waals surface area contributed by atoms with Gasteiger partial charge in [0.25, 0.3) is 0 Å². The topological polar surface area (TPSA) is 39.1 Å². The molecule has 0 saturated heterocycles. The van der Waals surface area contributed by atoms with E-state index in [2.05, 4.69) is 53.0 Å². The molecule has 0 bridgehead atoms. The Hall–Kier alpha value is -1.65. The first-order valence-electron chi connectivity index (χ1n) is 7.14. The lowest BCUT2D eigenvalue weighted by atomic mass is 10.1. The summed E-state index contributed by atoms with van der Waals surface area (Å²) in [5, 5.41) is 7.85. The molecule has 2 aromatic rings. The SMILES string of the molecule is COCCNCc1ccn(CCCc2ccccc2)n1. The zero-order valence-corrected chi connectivity index (χ0v) is 12.1. The maximum atomic E-state index is 4.99. The summed E-state index contributed by atoms with van der Waals surface area (Å²) in [6.45, 7) is 3.36. The van der Waals surface area contributed by atoms with Crippen LogP contribution in [-0.2, 0) is 24.2 Å². The monoisotopic (exact) mass is 273 g/mol. The Bertz CT molecular complexity index is 481. The van der Waals surface area contributed by atoms with Crippen molar-refractivity contribution < 1.29 is 4.74 Å². The number of hydrogen-bond acceptors (Lipinski definition) is 3. The van der Waals surface area contributed by atoms with E-state index in [-0.39, 0.29) is 0 Å². The lowest BCUT2D eigenvalue weighted by Crippen LogP contribution is -2.19. The highest BCUT2D eigenvalue weighted by molar-refractivity contribution is 5.14. The minimum Gasteiger partial charge on any atom is -0.383 e. The van der Waals surface area contributed by atoms with Crippen molar-refractivity contribution in [1.29, 1.82) is 0 Å². The van der Waals surface area contributed by atoms with Gasteiger partial charge in [0, 0.05) is 32.9 Å². The first-order chi connectivity index (χ1) is 9.88. The van der Waals surface area contributed by atoms with Gasteiger partial charge in [-0.2, -0.15) is 5.10 Å². The number of methoxy groups -OCH3 is 1. The van der Waals surface area contributed by atoms with Crippen LogP contribution >= 0.6 is 0 Å². The second kappa shape index (κ2) is 8.51. The maximum Gasteiger partial charge on any atom is 0.0762 e. The van der Waals surface area contributed by atoms with Gasteiger partial charge >= 0.3 is 0 Å².